The maximum Gasteiger partial charge on any atom is 0.0540 e. The number of aliphatic hydroxyl groups excluding tert-OH is 1. The fourth-order valence-electron chi connectivity index (χ4n) is 4.58. The van der Waals surface area contributed by atoms with E-state index in [0.717, 1.165) is 37.9 Å². The molecule has 0 unspecified atom stereocenters. The highest BCUT2D eigenvalue weighted by Gasteiger charge is 2.38. The van der Waals surface area contributed by atoms with Crippen LogP contribution in [0.3, 0.4) is 0 Å². The molecular formula is C17H30O2. The molecule has 1 heterocycles. The smallest absolute Gasteiger partial charge is 0.0540 e. The second-order valence-electron chi connectivity index (χ2n) is 7.48. The number of hydrogen-bond acceptors (Lipinski definition) is 2. The molecule has 1 aliphatic heterocycles. The van der Waals surface area contributed by atoms with Crippen LogP contribution in [0.2, 0.25) is 0 Å². The third-order valence-corrected chi connectivity index (χ3v) is 6.19. The van der Waals surface area contributed by atoms with Crippen LogP contribution in [0.4, 0.5) is 0 Å². The summed E-state index contributed by atoms with van der Waals surface area (Å²) in [6, 6.07) is 0. The molecule has 2 saturated carbocycles. The Morgan fingerprint density at radius 1 is 0.842 bits per heavy atom. The van der Waals surface area contributed by atoms with Gasteiger partial charge in [0, 0.05) is 13.2 Å². The van der Waals surface area contributed by atoms with Crippen LogP contribution in [-0.2, 0) is 4.74 Å². The highest BCUT2D eigenvalue weighted by molar-refractivity contribution is 4.90. The van der Waals surface area contributed by atoms with Crippen molar-refractivity contribution in [3.8, 4) is 0 Å². The molecule has 2 aliphatic carbocycles. The molecule has 2 nitrogen and oxygen atoms in total. The van der Waals surface area contributed by atoms with E-state index < -0.39 is 0 Å². The monoisotopic (exact) mass is 266 g/mol. The summed E-state index contributed by atoms with van der Waals surface area (Å²) in [6.07, 6.45) is 14.6. The first kappa shape index (κ1) is 13.9. The summed E-state index contributed by atoms with van der Waals surface area (Å²) in [4.78, 5) is 0. The van der Waals surface area contributed by atoms with E-state index in [-0.39, 0.29) is 6.10 Å². The van der Waals surface area contributed by atoms with Gasteiger partial charge in [-0.3, -0.25) is 0 Å². The number of aliphatic hydroxyl groups is 1. The lowest BCUT2D eigenvalue weighted by molar-refractivity contribution is 0.0275. The van der Waals surface area contributed by atoms with Gasteiger partial charge in [-0.25, -0.2) is 0 Å². The van der Waals surface area contributed by atoms with Crippen LogP contribution >= 0.6 is 0 Å². The average molecular weight is 266 g/mol. The molecule has 0 aromatic carbocycles. The predicted molar refractivity (Wildman–Crippen MR) is 77.0 cm³/mol. The number of hydrogen-bond donors (Lipinski definition) is 1. The standard InChI is InChI=1S/C17H30O2/c18-16-5-10-17(11-6-16)8-3-14(4-9-17)1-2-15-7-12-19-13-15/h14-16,18H,1-13H2/t14?,15-,16?,17?/m0/s1. The van der Waals surface area contributed by atoms with Crippen molar-refractivity contribution >= 4 is 0 Å². The summed E-state index contributed by atoms with van der Waals surface area (Å²) in [7, 11) is 0. The van der Waals surface area contributed by atoms with Gasteiger partial charge in [-0.2, -0.15) is 0 Å². The highest BCUT2D eigenvalue weighted by atomic mass is 16.5. The maximum absolute atomic E-state index is 9.67. The molecule has 0 aromatic heterocycles. The molecule has 0 amide bonds. The summed E-state index contributed by atoms with van der Waals surface area (Å²) in [6.45, 7) is 2.02. The van der Waals surface area contributed by atoms with Gasteiger partial charge in [0.15, 0.2) is 0 Å². The van der Waals surface area contributed by atoms with Crippen LogP contribution in [0.25, 0.3) is 0 Å². The van der Waals surface area contributed by atoms with E-state index in [1.807, 2.05) is 0 Å². The van der Waals surface area contributed by atoms with Gasteiger partial charge >= 0.3 is 0 Å². The topological polar surface area (TPSA) is 29.5 Å². The minimum Gasteiger partial charge on any atom is -0.393 e. The normalized spacial score (nSPS) is 43.7. The van der Waals surface area contributed by atoms with Gasteiger partial charge < -0.3 is 9.84 Å². The summed E-state index contributed by atoms with van der Waals surface area (Å²) in [5.74, 6) is 1.85. The molecule has 19 heavy (non-hydrogen) atoms. The third-order valence-electron chi connectivity index (χ3n) is 6.19. The molecule has 2 heteroatoms. The molecule has 0 radical (unpaired) electrons. The second-order valence-corrected chi connectivity index (χ2v) is 7.48. The fourth-order valence-corrected chi connectivity index (χ4v) is 4.58. The van der Waals surface area contributed by atoms with Crippen LogP contribution in [0.15, 0.2) is 0 Å². The molecule has 3 fully saturated rings. The van der Waals surface area contributed by atoms with E-state index >= 15 is 0 Å². The Labute approximate surface area is 117 Å². The third kappa shape index (κ3) is 3.52. The molecule has 1 N–H and O–H groups in total. The molecule has 1 saturated heterocycles. The van der Waals surface area contributed by atoms with Crippen molar-refractivity contribution in [3.05, 3.63) is 0 Å². The van der Waals surface area contributed by atoms with Crippen molar-refractivity contribution < 1.29 is 9.84 Å². The molecule has 3 rings (SSSR count). The Morgan fingerprint density at radius 3 is 2.11 bits per heavy atom. The lowest BCUT2D eigenvalue weighted by Crippen LogP contribution is -2.33. The maximum atomic E-state index is 9.67. The van der Waals surface area contributed by atoms with Crippen molar-refractivity contribution in [2.24, 2.45) is 17.3 Å². The molecule has 0 aromatic rings. The van der Waals surface area contributed by atoms with Gasteiger partial charge in [-0.15, -0.1) is 0 Å². The zero-order valence-corrected chi connectivity index (χ0v) is 12.3. The largest absolute Gasteiger partial charge is 0.393 e. The molecule has 1 atom stereocenters. The molecule has 1 spiro atoms. The van der Waals surface area contributed by atoms with E-state index in [0.29, 0.717) is 5.41 Å². The van der Waals surface area contributed by atoms with Crippen LogP contribution in [0.5, 0.6) is 0 Å². The Kier molecular flexibility index (Phi) is 4.48. The van der Waals surface area contributed by atoms with E-state index in [1.165, 1.54) is 57.8 Å². The lowest BCUT2D eigenvalue weighted by atomic mass is 9.62. The van der Waals surface area contributed by atoms with Crippen molar-refractivity contribution in [2.45, 2.75) is 76.7 Å². The molecule has 0 bridgehead atoms. The predicted octanol–water partition coefficient (Wildman–Crippen LogP) is 3.91. The van der Waals surface area contributed by atoms with Gasteiger partial charge in [0.2, 0.25) is 0 Å². The van der Waals surface area contributed by atoms with E-state index in [2.05, 4.69) is 0 Å². The summed E-state index contributed by atoms with van der Waals surface area (Å²) >= 11 is 0. The number of ether oxygens (including phenoxy) is 1. The van der Waals surface area contributed by atoms with Crippen LogP contribution in [0, 0.1) is 17.3 Å². The van der Waals surface area contributed by atoms with Crippen LogP contribution in [0.1, 0.15) is 70.6 Å². The Hall–Kier alpha value is -0.0800. The first-order valence-electron chi connectivity index (χ1n) is 8.52. The first-order chi connectivity index (χ1) is 9.26. The van der Waals surface area contributed by atoms with Gasteiger partial charge in [0.05, 0.1) is 6.10 Å². The van der Waals surface area contributed by atoms with Crippen molar-refractivity contribution in [1.82, 2.24) is 0 Å². The molecule has 3 aliphatic rings. The van der Waals surface area contributed by atoms with E-state index in [4.69, 9.17) is 4.74 Å². The average Bonchev–Trinajstić information content (AvgIpc) is 2.95. The Balaban J connectivity index is 1.39. The van der Waals surface area contributed by atoms with Crippen molar-refractivity contribution in [2.75, 3.05) is 13.2 Å². The van der Waals surface area contributed by atoms with Gasteiger partial charge in [0.1, 0.15) is 0 Å². The van der Waals surface area contributed by atoms with Crippen molar-refractivity contribution in [1.29, 1.82) is 0 Å². The fraction of sp³-hybridized carbons (Fsp3) is 1.00. The van der Waals surface area contributed by atoms with E-state index in [1.54, 1.807) is 0 Å². The quantitative estimate of drug-likeness (QED) is 0.839. The van der Waals surface area contributed by atoms with Gasteiger partial charge in [0.25, 0.3) is 0 Å². The Bertz CT molecular complexity index is 265. The minimum absolute atomic E-state index is 0.00529. The Morgan fingerprint density at radius 2 is 1.47 bits per heavy atom. The SMILES string of the molecule is OC1CCC2(CC1)CCC(CC[C@H]1CCOC1)CC2. The lowest BCUT2D eigenvalue weighted by Gasteiger charge is -2.44. The van der Waals surface area contributed by atoms with Crippen LogP contribution in [-0.4, -0.2) is 24.4 Å². The first-order valence-corrected chi connectivity index (χ1v) is 8.52. The summed E-state index contributed by atoms with van der Waals surface area (Å²) in [5.41, 5.74) is 0.631. The second kappa shape index (κ2) is 6.13. The number of rotatable bonds is 3. The molecule has 110 valence electrons. The van der Waals surface area contributed by atoms with Crippen LogP contribution < -0.4 is 0 Å². The van der Waals surface area contributed by atoms with Crippen molar-refractivity contribution in [3.63, 3.8) is 0 Å². The zero-order valence-electron chi connectivity index (χ0n) is 12.3. The molecular weight excluding hydrogens is 236 g/mol. The minimum atomic E-state index is 0.00529. The van der Waals surface area contributed by atoms with E-state index in [9.17, 15) is 5.11 Å². The van der Waals surface area contributed by atoms with Gasteiger partial charge in [-0.1, -0.05) is 6.42 Å². The van der Waals surface area contributed by atoms with Gasteiger partial charge in [-0.05, 0) is 81.5 Å². The summed E-state index contributed by atoms with van der Waals surface area (Å²) < 4.78 is 5.47. The zero-order chi connectivity index (χ0) is 13.1. The highest BCUT2D eigenvalue weighted by Crippen LogP contribution is 2.49. The summed E-state index contributed by atoms with van der Waals surface area (Å²) in [5, 5.41) is 9.67.